The van der Waals surface area contributed by atoms with Crippen molar-refractivity contribution >= 4 is 11.8 Å². The maximum absolute atomic E-state index is 13.8. The van der Waals surface area contributed by atoms with Gasteiger partial charge >= 0.3 is 5.97 Å². The van der Waals surface area contributed by atoms with E-state index in [0.29, 0.717) is 29.5 Å². The fourth-order valence-corrected chi connectivity index (χ4v) is 8.87. The molecule has 4 heteroatoms. The number of hydrogen-bond acceptors (Lipinski definition) is 3. The van der Waals surface area contributed by atoms with Gasteiger partial charge in [-0.15, -0.1) is 6.58 Å². The van der Waals surface area contributed by atoms with Crippen LogP contribution in [-0.4, -0.2) is 28.1 Å². The lowest BCUT2D eigenvalue weighted by Crippen LogP contribution is -2.60. The Morgan fingerprint density at radius 2 is 1.80 bits per heavy atom. The molecule has 0 bridgehead atoms. The normalized spacial score (nSPS) is 48.9. The molecule has 0 aliphatic heterocycles. The fraction of sp³-hybridized carbons (Fsp3) is 0.846. The van der Waals surface area contributed by atoms with Crippen molar-refractivity contribution in [1.82, 2.24) is 0 Å². The minimum absolute atomic E-state index is 0.111. The van der Waals surface area contributed by atoms with Gasteiger partial charge in [-0.1, -0.05) is 26.8 Å². The highest BCUT2D eigenvalue weighted by Gasteiger charge is 2.64. The highest BCUT2D eigenvalue weighted by Crippen LogP contribution is 2.68. The molecule has 4 rings (SSSR count). The molecule has 0 spiro atoms. The number of aliphatic carboxylic acids is 1. The van der Waals surface area contributed by atoms with Crippen molar-refractivity contribution in [3.05, 3.63) is 12.7 Å². The van der Waals surface area contributed by atoms with Gasteiger partial charge < -0.3 is 10.2 Å². The first kappa shape index (κ1) is 22.0. The molecule has 0 aromatic heterocycles. The van der Waals surface area contributed by atoms with Crippen molar-refractivity contribution in [2.45, 2.75) is 84.7 Å². The van der Waals surface area contributed by atoms with Gasteiger partial charge in [0.15, 0.2) is 0 Å². The Labute approximate surface area is 181 Å². The SMILES string of the molecule is C=CC1C(=O)[C@H]2[C@@H]3CC[C@H]([C@H](C)CCC(=O)O)[C@@]3(C)CC[C@@H]2[C@@]2(C)CC[C@@H](O)CC12. The van der Waals surface area contributed by atoms with Crippen LogP contribution in [0.4, 0.5) is 0 Å². The first-order chi connectivity index (χ1) is 14.1. The minimum Gasteiger partial charge on any atom is -0.481 e. The minimum atomic E-state index is -0.708. The molecule has 10 atom stereocenters. The molecule has 4 fully saturated rings. The van der Waals surface area contributed by atoms with Crippen molar-refractivity contribution < 1.29 is 19.8 Å². The Kier molecular flexibility index (Phi) is 5.70. The van der Waals surface area contributed by atoms with Gasteiger partial charge in [0.1, 0.15) is 5.78 Å². The number of aliphatic hydroxyl groups excluding tert-OH is 1. The molecule has 168 valence electrons. The quantitative estimate of drug-likeness (QED) is 0.612. The van der Waals surface area contributed by atoms with Crippen LogP contribution in [0.5, 0.6) is 0 Å². The summed E-state index contributed by atoms with van der Waals surface area (Å²) in [5, 5.41) is 19.5. The zero-order valence-corrected chi connectivity index (χ0v) is 19.0. The molecule has 0 saturated heterocycles. The summed E-state index contributed by atoms with van der Waals surface area (Å²) in [6, 6.07) is 0. The van der Waals surface area contributed by atoms with E-state index in [-0.39, 0.29) is 41.1 Å². The first-order valence-electron chi connectivity index (χ1n) is 12.2. The summed E-state index contributed by atoms with van der Waals surface area (Å²) in [6.45, 7) is 11.1. The number of rotatable bonds is 5. The summed E-state index contributed by atoms with van der Waals surface area (Å²) in [6.07, 6.45) is 9.64. The molecule has 0 aromatic rings. The van der Waals surface area contributed by atoms with Crippen molar-refractivity contribution in [3.8, 4) is 0 Å². The zero-order chi connectivity index (χ0) is 21.8. The van der Waals surface area contributed by atoms with E-state index in [0.717, 1.165) is 51.4 Å². The maximum Gasteiger partial charge on any atom is 0.303 e. The van der Waals surface area contributed by atoms with Gasteiger partial charge in [-0.2, -0.15) is 0 Å². The van der Waals surface area contributed by atoms with Crippen LogP contribution in [0.15, 0.2) is 12.7 Å². The summed E-state index contributed by atoms with van der Waals surface area (Å²) in [7, 11) is 0. The van der Waals surface area contributed by atoms with Gasteiger partial charge in [0.25, 0.3) is 0 Å². The molecule has 2 N–H and O–H groups in total. The number of fused-ring (bicyclic) bond motifs is 5. The van der Waals surface area contributed by atoms with Crippen molar-refractivity contribution in [2.75, 3.05) is 0 Å². The number of carbonyl (C=O) groups excluding carboxylic acids is 1. The molecule has 0 heterocycles. The number of aliphatic hydroxyl groups is 1. The number of allylic oxidation sites excluding steroid dienone is 1. The van der Waals surface area contributed by atoms with Gasteiger partial charge in [0.05, 0.1) is 6.10 Å². The van der Waals surface area contributed by atoms with E-state index in [1.54, 1.807) is 0 Å². The Balaban J connectivity index is 1.63. The van der Waals surface area contributed by atoms with Gasteiger partial charge in [-0.3, -0.25) is 9.59 Å². The lowest BCUT2D eigenvalue weighted by atomic mass is 9.42. The van der Waals surface area contributed by atoms with Crippen LogP contribution >= 0.6 is 0 Å². The van der Waals surface area contributed by atoms with Crippen LogP contribution < -0.4 is 0 Å². The predicted octanol–water partition coefficient (Wildman–Crippen LogP) is 5.10. The molecule has 4 aliphatic rings. The summed E-state index contributed by atoms with van der Waals surface area (Å²) < 4.78 is 0. The van der Waals surface area contributed by atoms with Crippen molar-refractivity contribution in [3.63, 3.8) is 0 Å². The molecule has 0 amide bonds. The van der Waals surface area contributed by atoms with Crippen LogP contribution in [0.25, 0.3) is 0 Å². The molecule has 0 radical (unpaired) electrons. The largest absolute Gasteiger partial charge is 0.481 e. The molecular formula is C26H40O4. The van der Waals surface area contributed by atoms with E-state index in [4.69, 9.17) is 5.11 Å². The summed E-state index contributed by atoms with van der Waals surface area (Å²) in [5.74, 6) is 1.62. The maximum atomic E-state index is 13.8. The van der Waals surface area contributed by atoms with Crippen LogP contribution in [0, 0.1) is 52.3 Å². The topological polar surface area (TPSA) is 74.6 Å². The number of hydrogen-bond donors (Lipinski definition) is 2. The van der Waals surface area contributed by atoms with E-state index >= 15 is 0 Å². The summed E-state index contributed by atoms with van der Waals surface area (Å²) in [5.41, 5.74) is 0.253. The van der Waals surface area contributed by atoms with Gasteiger partial charge in [-0.25, -0.2) is 0 Å². The molecule has 4 aliphatic carbocycles. The average molecular weight is 417 g/mol. The summed E-state index contributed by atoms with van der Waals surface area (Å²) >= 11 is 0. The highest BCUT2D eigenvalue weighted by atomic mass is 16.4. The number of carbonyl (C=O) groups is 2. The van der Waals surface area contributed by atoms with E-state index < -0.39 is 5.97 Å². The third-order valence-corrected chi connectivity index (χ3v) is 10.4. The van der Waals surface area contributed by atoms with Gasteiger partial charge in [0.2, 0.25) is 0 Å². The Morgan fingerprint density at radius 3 is 2.47 bits per heavy atom. The van der Waals surface area contributed by atoms with Gasteiger partial charge in [-0.05, 0) is 91.8 Å². The van der Waals surface area contributed by atoms with E-state index in [1.807, 2.05) is 6.08 Å². The Morgan fingerprint density at radius 1 is 1.13 bits per heavy atom. The fourth-order valence-electron chi connectivity index (χ4n) is 8.87. The number of carboxylic acid groups (broad SMARTS) is 1. The molecule has 4 saturated carbocycles. The molecule has 2 unspecified atom stereocenters. The smallest absolute Gasteiger partial charge is 0.303 e. The van der Waals surface area contributed by atoms with E-state index in [9.17, 15) is 14.7 Å². The highest BCUT2D eigenvalue weighted by molar-refractivity contribution is 5.87. The average Bonchev–Trinajstić information content (AvgIpc) is 3.05. The molecule has 30 heavy (non-hydrogen) atoms. The zero-order valence-electron chi connectivity index (χ0n) is 19.0. The van der Waals surface area contributed by atoms with Gasteiger partial charge in [0, 0.05) is 18.3 Å². The van der Waals surface area contributed by atoms with Crippen LogP contribution in [-0.2, 0) is 9.59 Å². The molecule has 0 aromatic carbocycles. The number of carboxylic acids is 1. The molecular weight excluding hydrogens is 376 g/mol. The summed E-state index contributed by atoms with van der Waals surface area (Å²) in [4.78, 5) is 24.9. The van der Waals surface area contributed by atoms with Crippen molar-refractivity contribution in [1.29, 1.82) is 0 Å². The predicted molar refractivity (Wildman–Crippen MR) is 117 cm³/mol. The van der Waals surface area contributed by atoms with Crippen LogP contribution in [0.1, 0.15) is 78.6 Å². The van der Waals surface area contributed by atoms with E-state index in [2.05, 4.69) is 27.4 Å². The van der Waals surface area contributed by atoms with Crippen LogP contribution in [0.3, 0.4) is 0 Å². The molecule has 4 nitrogen and oxygen atoms in total. The van der Waals surface area contributed by atoms with E-state index in [1.165, 1.54) is 0 Å². The Hall–Kier alpha value is -1.16. The third-order valence-electron chi connectivity index (χ3n) is 10.4. The second-order valence-electron chi connectivity index (χ2n) is 11.6. The standard InChI is InChI=1S/C26H40O4/c1-5-17-21-14-16(27)10-12-26(21,4)20-11-13-25(3)18(15(2)6-9-22(28)29)7-8-19(25)23(20)24(17)30/h5,15-21,23,27H,1,6-14H2,2-4H3,(H,28,29)/t15-,16-,17?,18-,19+,20+,21?,23+,25-,26-/m1/s1. The number of Topliss-reactive ketones (excluding diaryl/α,β-unsaturated/α-hetero) is 1. The monoisotopic (exact) mass is 416 g/mol. The third kappa shape index (κ3) is 3.20. The lowest BCUT2D eigenvalue weighted by Gasteiger charge is -2.62. The number of ketones is 1. The first-order valence-corrected chi connectivity index (χ1v) is 12.2. The van der Waals surface area contributed by atoms with Crippen LogP contribution in [0.2, 0.25) is 0 Å². The van der Waals surface area contributed by atoms with Crippen molar-refractivity contribution in [2.24, 2.45) is 52.3 Å². The lowest BCUT2D eigenvalue weighted by molar-refractivity contribution is -0.168. The second-order valence-corrected chi connectivity index (χ2v) is 11.6. The second kappa shape index (κ2) is 7.76. The Bertz CT molecular complexity index is 716.